The number of alkyl halides is 3. The first kappa shape index (κ1) is 29.6. The van der Waals surface area contributed by atoms with E-state index in [9.17, 15) is 22.4 Å². The molecule has 0 bridgehead atoms. The third-order valence-electron chi connectivity index (χ3n) is 7.64. The number of rotatable bonds is 5. The molecule has 1 amide bonds. The summed E-state index contributed by atoms with van der Waals surface area (Å²) in [4.78, 5) is 28.0. The van der Waals surface area contributed by atoms with E-state index >= 15 is 4.39 Å². The Hall–Kier alpha value is -3.84. The van der Waals surface area contributed by atoms with Crippen LogP contribution in [0.3, 0.4) is 0 Å². The van der Waals surface area contributed by atoms with E-state index in [4.69, 9.17) is 4.74 Å². The van der Waals surface area contributed by atoms with E-state index in [1.54, 1.807) is 0 Å². The van der Waals surface area contributed by atoms with Crippen molar-refractivity contribution in [2.45, 2.75) is 32.2 Å². The molecular weight excluding hydrogens is 559 g/mol. The Balaban J connectivity index is 1.52. The van der Waals surface area contributed by atoms with Crippen LogP contribution < -0.4 is 15.1 Å². The zero-order chi connectivity index (χ0) is 30.2. The smallest absolute Gasteiger partial charge is 0.375 e. The van der Waals surface area contributed by atoms with Gasteiger partial charge in [-0.1, -0.05) is 0 Å². The monoisotopic (exact) mass is 590 g/mol. The maximum Gasteiger partial charge on any atom is 0.417 e. The van der Waals surface area contributed by atoms with Crippen LogP contribution in [0, 0.1) is 11.6 Å². The van der Waals surface area contributed by atoms with E-state index in [-0.39, 0.29) is 29.5 Å². The number of piperazine rings is 1. The molecule has 8 nitrogen and oxygen atoms in total. The highest BCUT2D eigenvalue weighted by atomic mass is 19.4. The van der Waals surface area contributed by atoms with Crippen molar-refractivity contribution in [3.05, 3.63) is 65.5 Å². The largest absolute Gasteiger partial charge is 0.417 e. The number of likely N-dealkylation sites (N-methyl/N-ethyl adjacent to an activating group) is 1. The van der Waals surface area contributed by atoms with E-state index in [2.05, 4.69) is 20.2 Å². The van der Waals surface area contributed by atoms with Gasteiger partial charge >= 0.3 is 6.18 Å². The van der Waals surface area contributed by atoms with Crippen molar-refractivity contribution in [2.75, 3.05) is 61.5 Å². The number of nitrogens with zero attached hydrogens (tertiary/aromatic N) is 5. The number of halogens is 5. The molecule has 1 aromatic heterocycles. The standard InChI is InChI=1S/C29H31F5N6O2/c1-17-15-39(7-6-38(17)3)26-12-24(31)22(19-13-35-28(36-14-19)40-8-9-42-18(2)16-40)11-25(26)37-27(41)21-5-4-20(30)10-23(21)29(32,33)34/h4-5,10-14,17-18H,6-9,15-16H2,1-3H3,(H,37,41). The molecule has 224 valence electrons. The van der Waals surface area contributed by atoms with Crippen LogP contribution in [0.15, 0.2) is 42.7 Å². The minimum atomic E-state index is -4.96. The van der Waals surface area contributed by atoms with Crippen molar-refractivity contribution >= 4 is 23.2 Å². The number of carbonyl (C=O) groups excluding carboxylic acids is 1. The number of ether oxygens (including phenoxy) is 1. The molecule has 0 saturated carbocycles. The fraction of sp³-hybridized carbons (Fsp3) is 0.414. The first-order valence-electron chi connectivity index (χ1n) is 13.6. The molecule has 2 aromatic carbocycles. The average Bonchev–Trinajstić information content (AvgIpc) is 2.95. The lowest BCUT2D eigenvalue weighted by molar-refractivity contribution is -0.138. The highest BCUT2D eigenvalue weighted by molar-refractivity contribution is 6.07. The van der Waals surface area contributed by atoms with Crippen LogP contribution in [0.5, 0.6) is 0 Å². The molecule has 0 aliphatic carbocycles. The van der Waals surface area contributed by atoms with Crippen molar-refractivity contribution in [2.24, 2.45) is 0 Å². The summed E-state index contributed by atoms with van der Waals surface area (Å²) < 4.78 is 75.9. The van der Waals surface area contributed by atoms with Gasteiger partial charge in [0, 0.05) is 62.3 Å². The highest BCUT2D eigenvalue weighted by Gasteiger charge is 2.36. The number of hydrogen-bond acceptors (Lipinski definition) is 7. The normalized spacial score (nSPS) is 20.1. The SMILES string of the molecule is CC1CN(c2ncc(-c3cc(NC(=O)c4ccc(F)cc4C(F)(F)F)c(N4CCN(C)C(C)C4)cc3F)cn2)CCO1. The Bertz CT molecular complexity index is 1450. The minimum Gasteiger partial charge on any atom is -0.375 e. The van der Waals surface area contributed by atoms with Crippen molar-refractivity contribution < 1.29 is 31.5 Å². The maximum atomic E-state index is 15.7. The number of amides is 1. The Morgan fingerprint density at radius 1 is 1.00 bits per heavy atom. The highest BCUT2D eigenvalue weighted by Crippen LogP contribution is 2.37. The summed E-state index contributed by atoms with van der Waals surface area (Å²) in [7, 11) is 1.96. The fourth-order valence-corrected chi connectivity index (χ4v) is 5.18. The minimum absolute atomic E-state index is 0.00875. The molecule has 2 fully saturated rings. The summed E-state index contributed by atoms with van der Waals surface area (Å²) in [5, 5.41) is 2.54. The van der Waals surface area contributed by atoms with Crippen LogP contribution in [0.2, 0.25) is 0 Å². The maximum absolute atomic E-state index is 15.7. The average molecular weight is 591 g/mol. The number of benzene rings is 2. The molecule has 13 heteroatoms. The van der Waals surface area contributed by atoms with Crippen LogP contribution in [0.1, 0.15) is 29.8 Å². The van der Waals surface area contributed by atoms with E-state index < -0.39 is 34.8 Å². The summed E-state index contributed by atoms with van der Waals surface area (Å²) in [5.74, 6) is -2.37. The fourth-order valence-electron chi connectivity index (χ4n) is 5.18. The molecule has 5 rings (SSSR count). The van der Waals surface area contributed by atoms with Crippen LogP contribution in [-0.4, -0.2) is 79.3 Å². The molecule has 3 aromatic rings. The van der Waals surface area contributed by atoms with Gasteiger partial charge in [-0.25, -0.2) is 18.7 Å². The molecule has 3 heterocycles. The number of morpholine rings is 1. The lowest BCUT2D eigenvalue weighted by atomic mass is 10.0. The lowest BCUT2D eigenvalue weighted by Gasteiger charge is -2.39. The summed E-state index contributed by atoms with van der Waals surface area (Å²) in [5.41, 5.74) is -1.34. The Kier molecular flexibility index (Phi) is 8.33. The van der Waals surface area contributed by atoms with Crippen molar-refractivity contribution in [1.29, 1.82) is 0 Å². The van der Waals surface area contributed by atoms with Gasteiger partial charge in [0.1, 0.15) is 11.6 Å². The first-order valence-corrected chi connectivity index (χ1v) is 13.6. The summed E-state index contributed by atoms with van der Waals surface area (Å²) in [6, 6.07) is 4.59. The van der Waals surface area contributed by atoms with Gasteiger partial charge < -0.3 is 24.8 Å². The third kappa shape index (κ3) is 6.31. The number of anilines is 3. The number of nitrogens with one attached hydrogen (secondary N) is 1. The molecule has 1 N–H and O–H groups in total. The summed E-state index contributed by atoms with van der Waals surface area (Å²) >= 11 is 0. The quantitative estimate of drug-likeness (QED) is 0.417. The van der Waals surface area contributed by atoms with Gasteiger partial charge in [-0.15, -0.1) is 0 Å². The van der Waals surface area contributed by atoms with E-state index in [0.717, 1.165) is 12.1 Å². The number of carbonyl (C=O) groups is 1. The Morgan fingerprint density at radius 3 is 2.40 bits per heavy atom. The topological polar surface area (TPSA) is 73.8 Å². The van der Waals surface area contributed by atoms with Gasteiger partial charge in [0.25, 0.3) is 5.91 Å². The molecule has 2 atom stereocenters. The van der Waals surface area contributed by atoms with Crippen LogP contribution >= 0.6 is 0 Å². The zero-order valence-electron chi connectivity index (χ0n) is 23.4. The predicted octanol–water partition coefficient (Wildman–Crippen LogP) is 5.06. The van der Waals surface area contributed by atoms with Crippen LogP contribution in [0.4, 0.5) is 39.3 Å². The third-order valence-corrected chi connectivity index (χ3v) is 7.64. The number of aromatic nitrogens is 2. The molecule has 2 aliphatic rings. The van der Waals surface area contributed by atoms with Gasteiger partial charge in [0.15, 0.2) is 0 Å². The lowest BCUT2D eigenvalue weighted by Crippen LogP contribution is -2.50. The summed E-state index contributed by atoms with van der Waals surface area (Å²) in [6.45, 7) is 7.33. The van der Waals surface area contributed by atoms with Crippen LogP contribution in [-0.2, 0) is 10.9 Å². The molecule has 0 spiro atoms. The second-order valence-electron chi connectivity index (χ2n) is 10.7. The van der Waals surface area contributed by atoms with Crippen molar-refractivity contribution in [1.82, 2.24) is 14.9 Å². The number of hydrogen-bond donors (Lipinski definition) is 1. The molecular formula is C29H31F5N6O2. The Morgan fingerprint density at radius 2 is 1.74 bits per heavy atom. The second-order valence-corrected chi connectivity index (χ2v) is 10.7. The molecule has 2 saturated heterocycles. The van der Waals surface area contributed by atoms with Gasteiger partial charge in [-0.3, -0.25) is 4.79 Å². The van der Waals surface area contributed by atoms with E-state index in [1.165, 1.54) is 24.5 Å². The van der Waals surface area contributed by atoms with Crippen LogP contribution in [0.25, 0.3) is 11.1 Å². The molecule has 0 radical (unpaired) electrons. The first-order chi connectivity index (χ1) is 19.9. The van der Waals surface area contributed by atoms with Crippen molar-refractivity contribution in [3.8, 4) is 11.1 Å². The van der Waals surface area contributed by atoms with Gasteiger partial charge in [-0.2, -0.15) is 13.2 Å². The second kappa shape index (κ2) is 11.8. The van der Waals surface area contributed by atoms with E-state index in [1.807, 2.05) is 30.7 Å². The zero-order valence-corrected chi connectivity index (χ0v) is 23.4. The van der Waals surface area contributed by atoms with Gasteiger partial charge in [0.2, 0.25) is 5.95 Å². The molecule has 2 aliphatic heterocycles. The molecule has 2 unspecified atom stereocenters. The van der Waals surface area contributed by atoms with E-state index in [0.29, 0.717) is 56.5 Å². The van der Waals surface area contributed by atoms with Gasteiger partial charge in [-0.05, 0) is 51.2 Å². The summed E-state index contributed by atoms with van der Waals surface area (Å²) in [6.07, 6.45) is -2.03. The van der Waals surface area contributed by atoms with Crippen molar-refractivity contribution in [3.63, 3.8) is 0 Å². The van der Waals surface area contributed by atoms with Gasteiger partial charge in [0.05, 0.1) is 35.2 Å². The Labute approximate surface area is 240 Å². The predicted molar refractivity (Wildman–Crippen MR) is 149 cm³/mol. The molecule has 42 heavy (non-hydrogen) atoms.